The molecule has 3 rings (SSSR count). The van der Waals surface area contributed by atoms with Crippen LogP contribution in [0.25, 0.3) is 0 Å². The number of methoxy groups -OCH3 is 1. The zero-order valence-corrected chi connectivity index (χ0v) is 17.4. The van der Waals surface area contributed by atoms with E-state index in [0.29, 0.717) is 22.6 Å². The van der Waals surface area contributed by atoms with Crippen molar-refractivity contribution in [2.45, 2.75) is 21.1 Å². The van der Waals surface area contributed by atoms with Crippen LogP contribution in [0, 0.1) is 10.1 Å². The van der Waals surface area contributed by atoms with Crippen molar-refractivity contribution in [3.8, 4) is 5.75 Å². The van der Waals surface area contributed by atoms with Gasteiger partial charge in [-0.2, -0.15) is 0 Å². The maximum absolute atomic E-state index is 12.8. The van der Waals surface area contributed by atoms with Crippen molar-refractivity contribution in [3.05, 3.63) is 81.5 Å². The van der Waals surface area contributed by atoms with Gasteiger partial charge in [0, 0.05) is 4.92 Å². The molecule has 1 amide bonds. The molecule has 0 aliphatic rings. The summed E-state index contributed by atoms with van der Waals surface area (Å²) in [4.78, 5) is 27.5. The summed E-state index contributed by atoms with van der Waals surface area (Å²) in [7, 11) is -2.51. The summed E-state index contributed by atoms with van der Waals surface area (Å²) in [6.45, 7) is 0. The van der Waals surface area contributed by atoms with Crippen molar-refractivity contribution in [2.75, 3.05) is 7.11 Å². The van der Waals surface area contributed by atoms with Gasteiger partial charge in [-0.1, -0.05) is 41.7 Å². The van der Waals surface area contributed by atoms with Crippen molar-refractivity contribution >= 4 is 27.1 Å². The molecule has 2 aromatic carbocycles. The summed E-state index contributed by atoms with van der Waals surface area (Å²) < 4.78 is 30.5. The number of hydrogen-bond donors (Lipinski definition) is 1. The number of nitrogens with two attached hydrogens (primary N) is 1. The first-order valence-corrected chi connectivity index (χ1v) is 10.9. The zero-order valence-electron chi connectivity index (χ0n) is 15.7. The number of carbonyl (C=O) groups is 1. The second-order valence-electron chi connectivity index (χ2n) is 6.31. The van der Waals surface area contributed by atoms with E-state index in [-0.39, 0.29) is 14.1 Å². The smallest absolute Gasteiger partial charge is 0.352 e. The molecule has 0 fully saturated rings. The minimum atomic E-state index is -3.95. The molecule has 0 aliphatic carbocycles. The summed E-state index contributed by atoms with van der Waals surface area (Å²) in [6.07, 6.45) is 0.597. The first kappa shape index (κ1) is 21.4. The van der Waals surface area contributed by atoms with Gasteiger partial charge >= 0.3 is 11.4 Å². The average Bonchev–Trinajstić information content (AvgIpc) is 3.23. The highest BCUT2D eigenvalue weighted by Crippen LogP contribution is 2.36. The van der Waals surface area contributed by atoms with E-state index < -0.39 is 32.6 Å². The summed E-state index contributed by atoms with van der Waals surface area (Å²) in [5.74, 6) is -0.797. The molecule has 2 N–H and O–H groups in total. The van der Waals surface area contributed by atoms with E-state index >= 15 is 0 Å². The minimum absolute atomic E-state index is 0.0128. The number of hydrogen-bond acceptors (Lipinski definition) is 8. The normalized spacial score (nSPS) is 13.4. The number of rotatable bonds is 8. The van der Waals surface area contributed by atoms with Crippen LogP contribution in [0.4, 0.5) is 0 Å². The Balaban J connectivity index is 2.10. The SMILES string of the molecule is COc1cccc(CC(C(N)=O)(c2ncc(S(=O)(=O)c3ccccc3)s2)[N+](=O)[O-])c1. The molecule has 0 bridgehead atoms. The molecule has 9 nitrogen and oxygen atoms in total. The third-order valence-corrected chi connectivity index (χ3v) is 7.85. The third-order valence-electron chi connectivity index (χ3n) is 4.47. The number of ether oxygens (including phenoxy) is 1. The minimum Gasteiger partial charge on any atom is -0.497 e. The first-order chi connectivity index (χ1) is 14.2. The van der Waals surface area contributed by atoms with Crippen LogP contribution in [-0.4, -0.2) is 31.3 Å². The van der Waals surface area contributed by atoms with Crippen molar-refractivity contribution < 1.29 is 22.9 Å². The Morgan fingerprint density at radius 3 is 2.53 bits per heavy atom. The highest BCUT2D eigenvalue weighted by molar-refractivity contribution is 7.93. The number of thiazole rings is 1. The van der Waals surface area contributed by atoms with Crippen LogP contribution in [0.3, 0.4) is 0 Å². The number of nitrogens with zero attached hydrogens (tertiary/aromatic N) is 2. The number of nitro groups is 1. The number of primary amides is 1. The lowest BCUT2D eigenvalue weighted by Gasteiger charge is -2.20. The van der Waals surface area contributed by atoms with Gasteiger partial charge in [-0.25, -0.2) is 13.4 Å². The van der Waals surface area contributed by atoms with Crippen LogP contribution < -0.4 is 10.5 Å². The quantitative estimate of drug-likeness (QED) is 0.412. The van der Waals surface area contributed by atoms with Crippen LogP contribution in [-0.2, 0) is 26.6 Å². The van der Waals surface area contributed by atoms with Crippen LogP contribution in [0.5, 0.6) is 5.75 Å². The van der Waals surface area contributed by atoms with Gasteiger partial charge in [-0.3, -0.25) is 14.9 Å². The van der Waals surface area contributed by atoms with Crippen molar-refractivity contribution in [1.82, 2.24) is 4.98 Å². The Kier molecular flexibility index (Phi) is 5.85. The number of amides is 1. The van der Waals surface area contributed by atoms with Crippen LogP contribution in [0.15, 0.2) is 69.9 Å². The molecule has 1 aromatic heterocycles. The monoisotopic (exact) mass is 447 g/mol. The van der Waals surface area contributed by atoms with Crippen LogP contribution >= 0.6 is 11.3 Å². The fourth-order valence-corrected chi connectivity index (χ4v) is 5.59. The summed E-state index contributed by atoms with van der Waals surface area (Å²) in [5.41, 5.74) is 3.44. The largest absolute Gasteiger partial charge is 0.497 e. The number of aromatic nitrogens is 1. The fourth-order valence-electron chi connectivity index (χ4n) is 2.87. The second-order valence-corrected chi connectivity index (χ2v) is 9.52. The van der Waals surface area contributed by atoms with Crippen molar-refractivity contribution in [2.24, 2.45) is 5.73 Å². The molecule has 1 heterocycles. The lowest BCUT2D eigenvalue weighted by atomic mass is 9.91. The Morgan fingerprint density at radius 2 is 1.93 bits per heavy atom. The molecule has 30 heavy (non-hydrogen) atoms. The highest BCUT2D eigenvalue weighted by atomic mass is 32.2. The van der Waals surface area contributed by atoms with Crippen LogP contribution in [0.1, 0.15) is 10.6 Å². The van der Waals surface area contributed by atoms with E-state index in [1.807, 2.05) is 0 Å². The summed E-state index contributed by atoms with van der Waals surface area (Å²) in [5, 5.41) is 11.7. The van der Waals surface area contributed by atoms with Gasteiger partial charge < -0.3 is 10.5 Å². The average molecular weight is 447 g/mol. The van der Waals surface area contributed by atoms with Gasteiger partial charge in [-0.05, 0) is 29.8 Å². The molecule has 0 saturated carbocycles. The van der Waals surface area contributed by atoms with Gasteiger partial charge in [-0.15, -0.1) is 0 Å². The molecule has 11 heteroatoms. The van der Waals surface area contributed by atoms with Gasteiger partial charge in [0.25, 0.3) is 0 Å². The standard InChI is InChI=1S/C19H17N3O6S2/c1-28-14-7-5-6-13(10-14)11-19(17(20)23,22(24)25)18-21-12-16(29-18)30(26,27)15-8-3-2-4-9-15/h2-10,12H,11H2,1H3,(H2,20,23). The molecule has 0 saturated heterocycles. The molecule has 1 atom stereocenters. The third kappa shape index (κ3) is 3.76. The Bertz CT molecular complexity index is 1180. The molecule has 3 aromatic rings. The van der Waals surface area contributed by atoms with Gasteiger partial charge in [0.1, 0.15) is 9.96 Å². The Morgan fingerprint density at radius 1 is 1.23 bits per heavy atom. The van der Waals surface area contributed by atoms with E-state index in [1.54, 1.807) is 36.4 Å². The first-order valence-electron chi connectivity index (χ1n) is 8.55. The molecule has 1 unspecified atom stereocenters. The van der Waals surface area contributed by atoms with Gasteiger partial charge in [0.05, 0.1) is 24.6 Å². The van der Waals surface area contributed by atoms with Crippen molar-refractivity contribution in [1.29, 1.82) is 0 Å². The predicted molar refractivity (Wildman–Crippen MR) is 109 cm³/mol. The summed E-state index contributed by atoms with van der Waals surface area (Å²) in [6, 6.07) is 14.0. The fraction of sp³-hybridized carbons (Fsp3) is 0.158. The van der Waals surface area contributed by atoms with Gasteiger partial charge in [0.15, 0.2) is 5.01 Å². The van der Waals surface area contributed by atoms with E-state index in [2.05, 4.69) is 4.98 Å². The second kappa shape index (κ2) is 8.20. The molecular formula is C19H17N3O6S2. The molecule has 0 aliphatic heterocycles. The maximum Gasteiger partial charge on any atom is 0.352 e. The molecule has 156 valence electrons. The molecule has 0 spiro atoms. The summed E-state index contributed by atoms with van der Waals surface area (Å²) >= 11 is 0.555. The van der Waals surface area contributed by atoms with Crippen molar-refractivity contribution in [3.63, 3.8) is 0 Å². The van der Waals surface area contributed by atoms with Gasteiger partial charge in [0.2, 0.25) is 9.84 Å². The predicted octanol–water partition coefficient (Wildman–Crippen LogP) is 2.18. The molecular weight excluding hydrogens is 430 g/mol. The zero-order chi connectivity index (χ0) is 21.9. The highest BCUT2D eigenvalue weighted by Gasteiger charge is 2.54. The van der Waals surface area contributed by atoms with E-state index in [1.165, 1.54) is 25.3 Å². The number of sulfone groups is 1. The topological polar surface area (TPSA) is 142 Å². The van der Waals surface area contributed by atoms with Crippen LogP contribution in [0.2, 0.25) is 0 Å². The van der Waals surface area contributed by atoms with E-state index in [4.69, 9.17) is 10.5 Å². The maximum atomic E-state index is 12.8. The number of benzene rings is 2. The number of carbonyl (C=O) groups excluding carboxylic acids is 1. The Hall–Kier alpha value is -3.31. The molecule has 0 radical (unpaired) electrons. The van der Waals surface area contributed by atoms with E-state index in [9.17, 15) is 23.3 Å². The lowest BCUT2D eigenvalue weighted by molar-refractivity contribution is -0.560. The Labute approximate surface area is 176 Å². The van der Waals surface area contributed by atoms with E-state index in [0.717, 1.165) is 6.20 Å². The lowest BCUT2D eigenvalue weighted by Crippen LogP contribution is -2.49.